The quantitative estimate of drug-likeness (QED) is 0.468. The largest absolute Gasteiger partial charge is 0.316 e. The van der Waals surface area contributed by atoms with Crippen molar-refractivity contribution in [3.8, 4) is 0 Å². The van der Waals surface area contributed by atoms with Crippen LogP contribution in [-0.2, 0) is 0 Å². The SMILES string of the molecule is CCC1(Br)CCCCC1.[MgH2]. The van der Waals surface area contributed by atoms with Crippen molar-refractivity contribution in [1.82, 2.24) is 0 Å². The number of hydrogen-bond acceptors (Lipinski definition) is 0. The Morgan fingerprint density at radius 2 is 1.70 bits per heavy atom. The van der Waals surface area contributed by atoms with Crippen LogP contribution in [0.1, 0.15) is 45.4 Å². The summed E-state index contributed by atoms with van der Waals surface area (Å²) in [7, 11) is 0. The molecule has 0 unspecified atom stereocenters. The van der Waals surface area contributed by atoms with Gasteiger partial charge in [0.2, 0.25) is 0 Å². The molecule has 10 heavy (non-hydrogen) atoms. The van der Waals surface area contributed by atoms with Gasteiger partial charge in [0.1, 0.15) is 0 Å². The molecular formula is C8H17BrMg. The number of hydrogen-bond donors (Lipinski definition) is 0. The van der Waals surface area contributed by atoms with Crippen molar-refractivity contribution in [2.24, 2.45) is 0 Å². The van der Waals surface area contributed by atoms with E-state index in [-0.39, 0.29) is 23.1 Å². The molecule has 58 valence electrons. The molecule has 0 radical (unpaired) electrons. The van der Waals surface area contributed by atoms with Crippen molar-refractivity contribution in [1.29, 1.82) is 0 Å². The van der Waals surface area contributed by atoms with Gasteiger partial charge in [-0.3, -0.25) is 0 Å². The Kier molecular flexibility index (Phi) is 5.61. The van der Waals surface area contributed by atoms with Gasteiger partial charge in [-0.25, -0.2) is 0 Å². The van der Waals surface area contributed by atoms with E-state index in [1.54, 1.807) is 0 Å². The van der Waals surface area contributed by atoms with Crippen LogP contribution < -0.4 is 0 Å². The van der Waals surface area contributed by atoms with Gasteiger partial charge >= 0.3 is 23.1 Å². The summed E-state index contributed by atoms with van der Waals surface area (Å²) in [6.45, 7) is 2.28. The standard InChI is InChI=1S/C8H15Br.Mg.2H/c1-2-8(9)6-4-3-5-7-8;;;/h2-7H2,1H3;;;. The molecule has 0 atom stereocenters. The van der Waals surface area contributed by atoms with Crippen molar-refractivity contribution < 1.29 is 0 Å². The molecule has 0 aromatic heterocycles. The lowest BCUT2D eigenvalue weighted by molar-refractivity contribution is 0.396. The van der Waals surface area contributed by atoms with E-state index in [1.165, 1.54) is 38.5 Å². The van der Waals surface area contributed by atoms with Gasteiger partial charge in [0.25, 0.3) is 0 Å². The molecular weight excluding hydrogens is 200 g/mol. The molecule has 0 saturated heterocycles. The molecule has 2 heteroatoms. The first-order valence-corrected chi connectivity index (χ1v) is 4.75. The lowest BCUT2D eigenvalue weighted by atomic mass is 9.87. The van der Waals surface area contributed by atoms with Crippen LogP contribution in [0.25, 0.3) is 0 Å². The van der Waals surface area contributed by atoms with Crippen LogP contribution in [0.2, 0.25) is 0 Å². The molecule has 0 bridgehead atoms. The fraction of sp³-hybridized carbons (Fsp3) is 1.00. The maximum atomic E-state index is 3.79. The zero-order valence-corrected chi connectivity index (χ0v) is 7.71. The minimum atomic E-state index is 0. The van der Waals surface area contributed by atoms with Crippen LogP contribution in [0.5, 0.6) is 0 Å². The van der Waals surface area contributed by atoms with Crippen LogP contribution in [-0.4, -0.2) is 27.4 Å². The summed E-state index contributed by atoms with van der Waals surface area (Å²) in [5.74, 6) is 0. The Morgan fingerprint density at radius 1 is 1.20 bits per heavy atom. The van der Waals surface area contributed by atoms with E-state index in [9.17, 15) is 0 Å². The minimum Gasteiger partial charge on any atom is -0.0853 e. The molecule has 0 spiro atoms. The van der Waals surface area contributed by atoms with E-state index >= 15 is 0 Å². The highest BCUT2D eigenvalue weighted by atomic mass is 79.9. The number of rotatable bonds is 1. The van der Waals surface area contributed by atoms with E-state index < -0.39 is 0 Å². The highest BCUT2D eigenvalue weighted by Gasteiger charge is 2.25. The lowest BCUT2D eigenvalue weighted by Gasteiger charge is -2.29. The summed E-state index contributed by atoms with van der Waals surface area (Å²) in [6.07, 6.45) is 8.39. The summed E-state index contributed by atoms with van der Waals surface area (Å²) in [5, 5.41) is 0. The van der Waals surface area contributed by atoms with Crippen molar-refractivity contribution in [3.63, 3.8) is 0 Å². The predicted octanol–water partition coefficient (Wildman–Crippen LogP) is 2.58. The van der Waals surface area contributed by atoms with Crippen LogP contribution in [0, 0.1) is 0 Å². The van der Waals surface area contributed by atoms with E-state index in [2.05, 4.69) is 22.9 Å². The maximum Gasteiger partial charge on any atom is 0.316 e. The average Bonchev–Trinajstić information content (AvgIpc) is 1.90. The third kappa shape index (κ3) is 3.10. The van der Waals surface area contributed by atoms with Gasteiger partial charge in [-0.05, 0) is 19.3 Å². The van der Waals surface area contributed by atoms with E-state index in [0.29, 0.717) is 4.32 Å². The van der Waals surface area contributed by atoms with Crippen LogP contribution in [0.4, 0.5) is 0 Å². The summed E-state index contributed by atoms with van der Waals surface area (Å²) < 4.78 is 0.533. The van der Waals surface area contributed by atoms with Crippen LogP contribution >= 0.6 is 15.9 Å². The van der Waals surface area contributed by atoms with Crippen molar-refractivity contribution in [3.05, 3.63) is 0 Å². The van der Waals surface area contributed by atoms with Gasteiger partial charge in [0, 0.05) is 4.32 Å². The molecule has 0 amide bonds. The first kappa shape index (κ1) is 11.2. The third-order valence-corrected chi connectivity index (χ3v) is 3.74. The molecule has 0 aliphatic heterocycles. The first-order chi connectivity index (χ1) is 4.27. The van der Waals surface area contributed by atoms with E-state index in [1.807, 2.05) is 0 Å². The molecule has 1 fully saturated rings. The molecule has 0 aromatic carbocycles. The first-order valence-electron chi connectivity index (χ1n) is 3.96. The minimum absolute atomic E-state index is 0. The average molecular weight is 217 g/mol. The summed E-state index contributed by atoms with van der Waals surface area (Å²) in [6, 6.07) is 0. The summed E-state index contributed by atoms with van der Waals surface area (Å²) >= 11 is 3.79. The Morgan fingerprint density at radius 3 is 2.00 bits per heavy atom. The summed E-state index contributed by atoms with van der Waals surface area (Å²) in [4.78, 5) is 0. The second-order valence-corrected chi connectivity index (χ2v) is 4.75. The fourth-order valence-electron chi connectivity index (χ4n) is 1.54. The van der Waals surface area contributed by atoms with E-state index in [0.717, 1.165) is 0 Å². The van der Waals surface area contributed by atoms with Crippen molar-refractivity contribution in [2.45, 2.75) is 49.8 Å². The highest BCUT2D eigenvalue weighted by molar-refractivity contribution is 9.10. The summed E-state index contributed by atoms with van der Waals surface area (Å²) in [5.41, 5.74) is 0. The Bertz CT molecular complexity index is 87.3. The molecule has 1 saturated carbocycles. The Balaban J connectivity index is 0.000000810. The second-order valence-electron chi connectivity index (χ2n) is 3.07. The van der Waals surface area contributed by atoms with Gasteiger partial charge < -0.3 is 0 Å². The highest BCUT2D eigenvalue weighted by Crippen LogP contribution is 2.38. The number of halogens is 1. The molecule has 0 N–H and O–H groups in total. The molecule has 0 aromatic rings. The van der Waals surface area contributed by atoms with Gasteiger partial charge in [-0.2, -0.15) is 0 Å². The normalized spacial score (nSPS) is 23.4. The second kappa shape index (κ2) is 4.99. The van der Waals surface area contributed by atoms with Gasteiger partial charge in [0.05, 0.1) is 0 Å². The molecule has 1 aliphatic carbocycles. The van der Waals surface area contributed by atoms with Crippen molar-refractivity contribution in [2.75, 3.05) is 0 Å². The van der Waals surface area contributed by atoms with E-state index in [4.69, 9.17) is 0 Å². The Labute approximate surface area is 88.4 Å². The third-order valence-electron chi connectivity index (χ3n) is 2.38. The van der Waals surface area contributed by atoms with Gasteiger partial charge in [-0.1, -0.05) is 42.1 Å². The molecule has 1 aliphatic rings. The predicted molar refractivity (Wildman–Crippen MR) is 53.6 cm³/mol. The molecule has 0 heterocycles. The molecule has 0 nitrogen and oxygen atoms in total. The molecule has 1 rings (SSSR count). The zero-order valence-electron chi connectivity index (χ0n) is 6.12. The fourth-order valence-corrected chi connectivity index (χ4v) is 2.10. The van der Waals surface area contributed by atoms with Gasteiger partial charge in [0.15, 0.2) is 0 Å². The monoisotopic (exact) mass is 216 g/mol. The smallest absolute Gasteiger partial charge is 0.0853 e. The topological polar surface area (TPSA) is 0 Å². The number of alkyl halides is 1. The van der Waals surface area contributed by atoms with Crippen LogP contribution in [0.15, 0.2) is 0 Å². The van der Waals surface area contributed by atoms with Crippen LogP contribution in [0.3, 0.4) is 0 Å². The Hall–Kier alpha value is 1.25. The van der Waals surface area contributed by atoms with Crippen molar-refractivity contribution >= 4 is 39.0 Å². The maximum absolute atomic E-state index is 3.79. The lowest BCUT2D eigenvalue weighted by Crippen LogP contribution is -2.22. The zero-order chi connectivity index (χ0) is 6.74. The van der Waals surface area contributed by atoms with Gasteiger partial charge in [-0.15, -0.1) is 0 Å².